The van der Waals surface area contributed by atoms with Gasteiger partial charge in [-0.3, -0.25) is 4.99 Å². The van der Waals surface area contributed by atoms with Crippen LogP contribution in [0.4, 0.5) is 0 Å². The van der Waals surface area contributed by atoms with Crippen molar-refractivity contribution >= 4 is 6.21 Å². The van der Waals surface area contributed by atoms with Gasteiger partial charge in [-0.25, -0.2) is 0 Å². The summed E-state index contributed by atoms with van der Waals surface area (Å²) in [4.78, 5) is 4.65. The van der Waals surface area contributed by atoms with Crippen LogP contribution in [0.5, 0.6) is 0 Å². The Labute approximate surface area is 96.8 Å². The fraction of sp³-hybridized carbons (Fsp3) is 0.500. The summed E-state index contributed by atoms with van der Waals surface area (Å²) in [6, 6.07) is 0.313. The van der Waals surface area contributed by atoms with Gasteiger partial charge in [-0.2, -0.15) is 0 Å². The number of rotatable bonds is 0. The molecule has 2 heteroatoms. The first-order valence-electron chi connectivity index (χ1n) is 6.13. The lowest BCUT2D eigenvalue weighted by Crippen LogP contribution is -2.38. The van der Waals surface area contributed by atoms with E-state index in [1.54, 1.807) is 0 Å². The highest BCUT2D eigenvalue weighted by Crippen LogP contribution is 2.36. The number of fused-ring (bicyclic) bond motifs is 2. The van der Waals surface area contributed by atoms with Crippen LogP contribution in [0.1, 0.15) is 20.3 Å². The Balaban J connectivity index is 2.02. The first kappa shape index (κ1) is 9.88. The van der Waals surface area contributed by atoms with E-state index in [-0.39, 0.29) is 0 Å². The summed E-state index contributed by atoms with van der Waals surface area (Å²) in [6.07, 6.45) is 9.96. The van der Waals surface area contributed by atoms with Gasteiger partial charge in [0.2, 0.25) is 0 Å². The molecule has 1 aliphatic carbocycles. The quantitative estimate of drug-likeness (QED) is 0.658. The van der Waals surface area contributed by atoms with Crippen LogP contribution < -0.4 is 5.32 Å². The lowest BCUT2D eigenvalue weighted by atomic mass is 9.78. The third kappa shape index (κ3) is 1.36. The zero-order chi connectivity index (χ0) is 11.1. The Kier molecular flexibility index (Phi) is 2.23. The predicted molar refractivity (Wildman–Crippen MR) is 67.5 cm³/mol. The van der Waals surface area contributed by atoms with Gasteiger partial charge >= 0.3 is 0 Å². The molecule has 2 nitrogen and oxygen atoms in total. The Morgan fingerprint density at radius 3 is 3.19 bits per heavy atom. The maximum atomic E-state index is 4.65. The highest BCUT2D eigenvalue weighted by molar-refractivity contribution is 5.75. The van der Waals surface area contributed by atoms with Crippen molar-refractivity contribution in [3.05, 3.63) is 35.1 Å². The molecule has 3 rings (SSSR count). The number of aliphatic imine (C=N–C) groups is 1. The van der Waals surface area contributed by atoms with E-state index in [9.17, 15) is 0 Å². The van der Waals surface area contributed by atoms with Gasteiger partial charge in [0.05, 0.1) is 6.04 Å². The van der Waals surface area contributed by atoms with Crippen LogP contribution in [-0.4, -0.2) is 18.8 Å². The lowest BCUT2D eigenvalue weighted by molar-refractivity contribution is 0.478. The molecular formula is C14H18N2. The number of hydrogen-bond donors (Lipinski definition) is 1. The molecule has 0 aromatic carbocycles. The SMILES string of the molecule is CC1=CC=NC2C3=C(C=CC12)C(C)CCN3. The van der Waals surface area contributed by atoms with Crippen LogP contribution in [0.15, 0.2) is 40.1 Å². The zero-order valence-electron chi connectivity index (χ0n) is 9.90. The molecule has 3 atom stereocenters. The summed E-state index contributed by atoms with van der Waals surface area (Å²) in [5.74, 6) is 1.15. The Hall–Kier alpha value is -1.31. The molecule has 0 amide bonds. The van der Waals surface area contributed by atoms with Crippen LogP contribution in [0.3, 0.4) is 0 Å². The van der Waals surface area contributed by atoms with Crippen LogP contribution in [0, 0.1) is 11.8 Å². The maximum absolute atomic E-state index is 4.65. The number of allylic oxidation sites excluding steroid dienone is 3. The monoisotopic (exact) mass is 214 g/mol. The van der Waals surface area contributed by atoms with Gasteiger partial charge in [-0.05, 0) is 30.9 Å². The van der Waals surface area contributed by atoms with E-state index < -0.39 is 0 Å². The zero-order valence-corrected chi connectivity index (χ0v) is 9.90. The van der Waals surface area contributed by atoms with Crippen molar-refractivity contribution in [1.82, 2.24) is 5.32 Å². The molecule has 1 N–H and O–H groups in total. The van der Waals surface area contributed by atoms with Crippen molar-refractivity contribution in [2.75, 3.05) is 6.54 Å². The van der Waals surface area contributed by atoms with Crippen molar-refractivity contribution in [3.8, 4) is 0 Å². The lowest BCUT2D eigenvalue weighted by Gasteiger charge is -2.36. The standard InChI is InChI=1S/C14H18N2/c1-9-5-7-15-13-11(9)3-4-12-10(2)6-8-16-14(12)13/h3-5,7,10-11,13,16H,6,8H2,1-2H3. The van der Waals surface area contributed by atoms with Crippen LogP contribution >= 0.6 is 0 Å². The highest BCUT2D eigenvalue weighted by Gasteiger charge is 2.33. The van der Waals surface area contributed by atoms with Gasteiger partial charge in [0, 0.05) is 24.4 Å². The molecule has 0 aromatic heterocycles. The second kappa shape index (κ2) is 3.62. The van der Waals surface area contributed by atoms with Gasteiger partial charge in [0.25, 0.3) is 0 Å². The Morgan fingerprint density at radius 2 is 2.31 bits per heavy atom. The van der Waals surface area contributed by atoms with Crippen molar-refractivity contribution in [2.24, 2.45) is 16.8 Å². The molecule has 0 bridgehead atoms. The number of nitrogens with one attached hydrogen (secondary N) is 1. The maximum Gasteiger partial charge on any atom is 0.0996 e. The van der Waals surface area contributed by atoms with Crippen LogP contribution in [-0.2, 0) is 0 Å². The second-order valence-electron chi connectivity index (χ2n) is 5.02. The van der Waals surface area contributed by atoms with Gasteiger partial charge in [-0.1, -0.05) is 24.6 Å². The average molecular weight is 214 g/mol. The highest BCUT2D eigenvalue weighted by atomic mass is 15.0. The van der Waals surface area contributed by atoms with E-state index in [0.717, 1.165) is 6.54 Å². The molecule has 16 heavy (non-hydrogen) atoms. The van der Waals surface area contributed by atoms with Crippen molar-refractivity contribution in [1.29, 1.82) is 0 Å². The number of dihydropyridines is 1. The van der Waals surface area contributed by atoms with Crippen LogP contribution in [0.25, 0.3) is 0 Å². The van der Waals surface area contributed by atoms with E-state index in [1.165, 1.54) is 23.3 Å². The fourth-order valence-corrected chi connectivity index (χ4v) is 2.90. The van der Waals surface area contributed by atoms with E-state index in [1.807, 2.05) is 6.21 Å². The summed E-state index contributed by atoms with van der Waals surface area (Å²) in [6.45, 7) is 5.61. The van der Waals surface area contributed by atoms with E-state index in [0.29, 0.717) is 17.9 Å². The first-order valence-corrected chi connectivity index (χ1v) is 6.13. The second-order valence-corrected chi connectivity index (χ2v) is 5.02. The van der Waals surface area contributed by atoms with Crippen molar-refractivity contribution in [3.63, 3.8) is 0 Å². The van der Waals surface area contributed by atoms with Crippen LogP contribution in [0.2, 0.25) is 0 Å². The molecule has 2 heterocycles. The summed E-state index contributed by atoms with van der Waals surface area (Å²) >= 11 is 0. The van der Waals surface area contributed by atoms with Gasteiger partial charge in [0.1, 0.15) is 0 Å². The van der Waals surface area contributed by atoms with E-state index in [4.69, 9.17) is 0 Å². The minimum Gasteiger partial charge on any atom is -0.386 e. The first-order chi connectivity index (χ1) is 7.77. The fourth-order valence-electron chi connectivity index (χ4n) is 2.90. The van der Waals surface area contributed by atoms with Crippen molar-refractivity contribution < 1.29 is 0 Å². The number of hydrogen-bond acceptors (Lipinski definition) is 2. The molecule has 0 saturated carbocycles. The molecular weight excluding hydrogens is 196 g/mol. The largest absolute Gasteiger partial charge is 0.386 e. The molecule has 2 aliphatic heterocycles. The normalized spacial score (nSPS) is 36.4. The minimum atomic E-state index is 0.313. The smallest absolute Gasteiger partial charge is 0.0996 e. The van der Waals surface area contributed by atoms with Crippen molar-refractivity contribution in [2.45, 2.75) is 26.3 Å². The molecule has 0 aromatic rings. The third-order valence-electron chi connectivity index (χ3n) is 3.96. The van der Waals surface area contributed by atoms with E-state index in [2.05, 4.69) is 42.4 Å². The summed E-state index contributed by atoms with van der Waals surface area (Å²) in [7, 11) is 0. The average Bonchev–Trinajstić information content (AvgIpc) is 2.30. The molecule has 0 radical (unpaired) electrons. The molecule has 3 unspecified atom stereocenters. The number of nitrogens with zero attached hydrogens (tertiary/aromatic N) is 1. The van der Waals surface area contributed by atoms with Gasteiger partial charge < -0.3 is 5.32 Å². The minimum absolute atomic E-state index is 0.313. The molecule has 0 fully saturated rings. The van der Waals surface area contributed by atoms with Gasteiger partial charge in [0.15, 0.2) is 0 Å². The Morgan fingerprint density at radius 1 is 1.44 bits per heavy atom. The summed E-state index contributed by atoms with van der Waals surface area (Å²) < 4.78 is 0. The molecule has 0 saturated heterocycles. The molecule has 84 valence electrons. The van der Waals surface area contributed by atoms with E-state index >= 15 is 0 Å². The molecule has 0 spiro atoms. The molecule has 3 aliphatic rings. The third-order valence-corrected chi connectivity index (χ3v) is 3.96. The summed E-state index contributed by atoms with van der Waals surface area (Å²) in [5, 5.41) is 3.56. The van der Waals surface area contributed by atoms with Gasteiger partial charge in [-0.15, -0.1) is 0 Å². The summed E-state index contributed by atoms with van der Waals surface area (Å²) in [5.41, 5.74) is 4.26. The predicted octanol–water partition coefficient (Wildman–Crippen LogP) is 2.46. The Bertz CT molecular complexity index is 426. The topological polar surface area (TPSA) is 24.4 Å².